The van der Waals surface area contributed by atoms with E-state index in [0.29, 0.717) is 0 Å². The number of amides is 1. The van der Waals surface area contributed by atoms with Crippen molar-refractivity contribution in [2.24, 2.45) is 5.92 Å². The van der Waals surface area contributed by atoms with Gasteiger partial charge in [-0.1, -0.05) is 44.2 Å². The number of nitrogens with one attached hydrogen (secondary N) is 1. The Bertz CT molecular complexity index is 374. The Balaban J connectivity index is 2.31. The summed E-state index contributed by atoms with van der Waals surface area (Å²) in [5.74, 6) is 0.0620. The smallest absolute Gasteiger partial charge is 0.407 e. The molecule has 1 aromatic carbocycles. The quantitative estimate of drug-likeness (QED) is 0.844. The summed E-state index contributed by atoms with van der Waals surface area (Å²) < 4.78 is 5.04. The van der Waals surface area contributed by atoms with Gasteiger partial charge in [0.25, 0.3) is 0 Å². The van der Waals surface area contributed by atoms with E-state index in [-0.39, 0.29) is 19.1 Å². The number of carbonyl (C=O) groups is 1. The molecule has 4 heteroatoms. The number of ether oxygens (including phenoxy) is 1. The van der Waals surface area contributed by atoms with Crippen molar-refractivity contribution in [2.45, 2.75) is 33.0 Å². The first-order valence-electron chi connectivity index (χ1n) is 6.09. The Morgan fingerprint density at radius 2 is 2.00 bits per heavy atom. The zero-order chi connectivity index (χ0) is 13.6. The molecule has 100 valence electrons. The van der Waals surface area contributed by atoms with Crippen LogP contribution in [-0.4, -0.2) is 23.3 Å². The van der Waals surface area contributed by atoms with Crippen molar-refractivity contribution in [1.29, 1.82) is 0 Å². The van der Waals surface area contributed by atoms with Crippen LogP contribution in [0, 0.1) is 5.92 Å². The van der Waals surface area contributed by atoms with E-state index >= 15 is 0 Å². The predicted octanol–water partition coefficient (Wildman–Crippen LogP) is 2.32. The lowest BCUT2D eigenvalue weighted by molar-refractivity contribution is 0.0131. The molecule has 4 nitrogen and oxygen atoms in total. The second-order valence-electron chi connectivity index (χ2n) is 4.93. The van der Waals surface area contributed by atoms with Gasteiger partial charge in [0, 0.05) is 6.54 Å². The summed E-state index contributed by atoms with van der Waals surface area (Å²) in [6.07, 6.45) is -0.514. The molecule has 0 aromatic heterocycles. The van der Waals surface area contributed by atoms with Crippen molar-refractivity contribution in [2.75, 3.05) is 6.54 Å². The van der Waals surface area contributed by atoms with Crippen LogP contribution in [-0.2, 0) is 11.3 Å². The van der Waals surface area contributed by atoms with Gasteiger partial charge in [-0.25, -0.2) is 4.79 Å². The number of carbonyl (C=O) groups excluding carboxylic acids is 1. The van der Waals surface area contributed by atoms with Gasteiger partial charge in [0.15, 0.2) is 0 Å². The number of hydrogen-bond donors (Lipinski definition) is 2. The molecule has 1 rings (SSSR count). The summed E-state index contributed by atoms with van der Waals surface area (Å²) in [5.41, 5.74) is 0.00875. The lowest BCUT2D eigenvalue weighted by Crippen LogP contribution is -2.44. The minimum atomic E-state index is -0.925. The molecule has 0 radical (unpaired) electrons. The molecule has 1 aromatic rings. The maximum absolute atomic E-state index is 11.4. The van der Waals surface area contributed by atoms with Gasteiger partial charge >= 0.3 is 6.09 Å². The van der Waals surface area contributed by atoms with Gasteiger partial charge in [0.2, 0.25) is 0 Å². The van der Waals surface area contributed by atoms with E-state index in [1.165, 1.54) is 0 Å². The van der Waals surface area contributed by atoms with E-state index in [1.54, 1.807) is 6.92 Å². The van der Waals surface area contributed by atoms with Gasteiger partial charge in [-0.05, 0) is 18.4 Å². The summed E-state index contributed by atoms with van der Waals surface area (Å²) in [7, 11) is 0. The van der Waals surface area contributed by atoms with Crippen molar-refractivity contribution < 1.29 is 14.6 Å². The fourth-order valence-electron chi connectivity index (χ4n) is 1.23. The van der Waals surface area contributed by atoms with Crippen molar-refractivity contribution in [3.63, 3.8) is 0 Å². The first kappa shape index (κ1) is 14.5. The van der Waals surface area contributed by atoms with E-state index in [1.807, 2.05) is 44.2 Å². The van der Waals surface area contributed by atoms with E-state index in [9.17, 15) is 9.90 Å². The van der Waals surface area contributed by atoms with Gasteiger partial charge in [-0.3, -0.25) is 0 Å². The van der Waals surface area contributed by atoms with Crippen LogP contribution in [0.4, 0.5) is 4.79 Å². The average Bonchev–Trinajstić information content (AvgIpc) is 2.35. The van der Waals surface area contributed by atoms with Gasteiger partial charge in [0.05, 0.1) is 5.60 Å². The van der Waals surface area contributed by atoms with Gasteiger partial charge in [0.1, 0.15) is 6.61 Å². The molecule has 0 bridgehead atoms. The number of hydrogen-bond acceptors (Lipinski definition) is 3. The average molecular weight is 251 g/mol. The third-order valence-electron chi connectivity index (χ3n) is 3.05. The first-order chi connectivity index (χ1) is 8.42. The predicted molar refractivity (Wildman–Crippen MR) is 70.1 cm³/mol. The van der Waals surface area contributed by atoms with E-state index in [0.717, 1.165) is 5.56 Å². The molecule has 1 unspecified atom stereocenters. The maximum Gasteiger partial charge on any atom is 0.407 e. The summed E-state index contributed by atoms with van der Waals surface area (Å²) in [5, 5.41) is 12.5. The van der Waals surface area contributed by atoms with Crippen LogP contribution < -0.4 is 5.32 Å². The Labute approximate surface area is 108 Å². The Morgan fingerprint density at radius 3 is 2.56 bits per heavy atom. The molecule has 0 heterocycles. The molecule has 18 heavy (non-hydrogen) atoms. The summed E-state index contributed by atoms with van der Waals surface area (Å²) in [6, 6.07) is 9.46. The lowest BCUT2D eigenvalue weighted by Gasteiger charge is -2.27. The molecule has 1 amide bonds. The monoisotopic (exact) mass is 251 g/mol. The summed E-state index contributed by atoms with van der Waals surface area (Å²) in [4.78, 5) is 11.4. The van der Waals surface area contributed by atoms with Crippen LogP contribution in [0.1, 0.15) is 26.3 Å². The molecule has 0 aliphatic rings. The second kappa shape index (κ2) is 6.40. The SMILES string of the molecule is CC(C)C(C)(O)CNC(=O)OCc1ccccc1. The highest BCUT2D eigenvalue weighted by Crippen LogP contribution is 2.14. The van der Waals surface area contributed by atoms with Crippen LogP contribution in [0.15, 0.2) is 30.3 Å². The molecule has 0 aliphatic heterocycles. The molecule has 0 aliphatic carbocycles. The standard InChI is InChI=1S/C14H21NO3/c1-11(2)14(3,17)10-15-13(16)18-9-12-7-5-4-6-8-12/h4-8,11,17H,9-10H2,1-3H3,(H,15,16). The van der Waals surface area contributed by atoms with Crippen LogP contribution in [0.3, 0.4) is 0 Å². The summed E-state index contributed by atoms with van der Waals surface area (Å²) >= 11 is 0. The third-order valence-corrected chi connectivity index (χ3v) is 3.05. The van der Waals surface area contributed by atoms with Crippen LogP contribution in [0.25, 0.3) is 0 Å². The minimum absolute atomic E-state index is 0.0620. The Hall–Kier alpha value is -1.55. The number of benzene rings is 1. The molecule has 0 saturated carbocycles. The lowest BCUT2D eigenvalue weighted by atomic mass is 9.93. The minimum Gasteiger partial charge on any atom is -0.445 e. The van der Waals surface area contributed by atoms with Crippen molar-refractivity contribution in [1.82, 2.24) is 5.32 Å². The topological polar surface area (TPSA) is 58.6 Å². The first-order valence-corrected chi connectivity index (χ1v) is 6.09. The molecule has 0 spiro atoms. The maximum atomic E-state index is 11.4. The van der Waals surface area contributed by atoms with Crippen molar-refractivity contribution in [3.8, 4) is 0 Å². The highest BCUT2D eigenvalue weighted by Gasteiger charge is 2.25. The molecule has 0 fully saturated rings. The van der Waals surface area contributed by atoms with Crippen LogP contribution >= 0.6 is 0 Å². The van der Waals surface area contributed by atoms with Crippen molar-refractivity contribution in [3.05, 3.63) is 35.9 Å². The zero-order valence-corrected chi connectivity index (χ0v) is 11.1. The fraction of sp³-hybridized carbons (Fsp3) is 0.500. The van der Waals surface area contributed by atoms with E-state index < -0.39 is 11.7 Å². The molecule has 2 N–H and O–H groups in total. The highest BCUT2D eigenvalue weighted by atomic mass is 16.5. The number of rotatable bonds is 5. The van der Waals surface area contributed by atoms with Crippen LogP contribution in [0.2, 0.25) is 0 Å². The normalized spacial score (nSPS) is 14.1. The molecule has 0 saturated heterocycles. The Morgan fingerprint density at radius 1 is 1.39 bits per heavy atom. The number of alkyl carbamates (subject to hydrolysis) is 1. The van der Waals surface area contributed by atoms with Crippen molar-refractivity contribution >= 4 is 6.09 Å². The van der Waals surface area contributed by atoms with Gasteiger partial charge in [-0.2, -0.15) is 0 Å². The van der Waals surface area contributed by atoms with Gasteiger partial charge < -0.3 is 15.2 Å². The van der Waals surface area contributed by atoms with Crippen LogP contribution in [0.5, 0.6) is 0 Å². The highest BCUT2D eigenvalue weighted by molar-refractivity contribution is 5.67. The second-order valence-corrected chi connectivity index (χ2v) is 4.93. The number of aliphatic hydroxyl groups is 1. The van der Waals surface area contributed by atoms with E-state index in [2.05, 4.69) is 5.32 Å². The largest absolute Gasteiger partial charge is 0.445 e. The Kier molecular flexibility index (Phi) is 5.16. The summed E-state index contributed by atoms with van der Waals surface area (Å²) in [6.45, 7) is 5.90. The zero-order valence-electron chi connectivity index (χ0n) is 11.1. The fourth-order valence-corrected chi connectivity index (χ4v) is 1.23. The molecule has 1 atom stereocenters. The van der Waals surface area contributed by atoms with Gasteiger partial charge in [-0.15, -0.1) is 0 Å². The molecular formula is C14H21NO3. The van der Waals surface area contributed by atoms with E-state index in [4.69, 9.17) is 4.74 Å². The molecular weight excluding hydrogens is 230 g/mol. The third kappa shape index (κ3) is 4.75.